The van der Waals surface area contributed by atoms with Crippen LogP contribution in [0.3, 0.4) is 0 Å². The largest absolute Gasteiger partial charge is 0.339 e. The Labute approximate surface area is 170 Å². The lowest BCUT2D eigenvalue weighted by atomic mass is 9.95. The minimum Gasteiger partial charge on any atom is -0.339 e. The normalized spacial score (nSPS) is 14.9. The molecule has 0 saturated carbocycles. The summed E-state index contributed by atoms with van der Waals surface area (Å²) in [5.41, 5.74) is 0.801. The van der Waals surface area contributed by atoms with Gasteiger partial charge in [-0.3, -0.25) is 9.59 Å². The average molecular weight is 431 g/mol. The predicted molar refractivity (Wildman–Crippen MR) is 103 cm³/mol. The summed E-state index contributed by atoms with van der Waals surface area (Å²) < 4.78 is 13.2. The Morgan fingerprint density at radius 1 is 1.07 bits per heavy atom. The number of pyridine rings is 1. The van der Waals surface area contributed by atoms with Gasteiger partial charge >= 0.3 is 0 Å². The molecular formula is C18H15Cl3FN3O2. The van der Waals surface area contributed by atoms with Crippen LogP contribution in [0.1, 0.15) is 23.2 Å². The van der Waals surface area contributed by atoms with Crippen molar-refractivity contribution < 1.29 is 14.0 Å². The fourth-order valence-corrected chi connectivity index (χ4v) is 3.57. The first-order chi connectivity index (χ1) is 12.8. The molecule has 0 spiro atoms. The molecule has 1 aromatic carbocycles. The summed E-state index contributed by atoms with van der Waals surface area (Å²) >= 11 is 17.4. The van der Waals surface area contributed by atoms with Crippen molar-refractivity contribution in [2.45, 2.75) is 12.8 Å². The molecule has 0 aliphatic carbocycles. The zero-order valence-corrected chi connectivity index (χ0v) is 16.3. The van der Waals surface area contributed by atoms with Crippen LogP contribution >= 0.6 is 34.8 Å². The molecule has 1 aliphatic rings. The molecule has 1 fully saturated rings. The Balaban J connectivity index is 1.58. The summed E-state index contributed by atoms with van der Waals surface area (Å²) in [5, 5.41) is 2.98. The van der Waals surface area contributed by atoms with Gasteiger partial charge in [-0.05, 0) is 43.2 Å². The monoisotopic (exact) mass is 429 g/mol. The van der Waals surface area contributed by atoms with Crippen LogP contribution in [0.15, 0.2) is 30.3 Å². The summed E-state index contributed by atoms with van der Waals surface area (Å²) in [5.74, 6) is -1.18. The molecule has 0 atom stereocenters. The standard InChI is InChI=1S/C18H15Cl3FN3O2/c19-13-9-12(1-2-14(13)22)23-17(26)10-3-5-25(6-4-10)18(27)11-7-15(20)24-16(21)8-11/h1-2,7-10H,3-6H2,(H,23,26). The van der Waals surface area contributed by atoms with Gasteiger partial charge in [0.1, 0.15) is 16.1 Å². The number of hydrogen-bond acceptors (Lipinski definition) is 3. The van der Waals surface area contributed by atoms with Crippen molar-refractivity contribution in [3.8, 4) is 0 Å². The van der Waals surface area contributed by atoms with Gasteiger partial charge in [0.15, 0.2) is 0 Å². The van der Waals surface area contributed by atoms with Crippen molar-refractivity contribution in [1.29, 1.82) is 0 Å². The molecule has 2 heterocycles. The van der Waals surface area contributed by atoms with Gasteiger partial charge in [-0.15, -0.1) is 0 Å². The second-order valence-electron chi connectivity index (χ2n) is 6.19. The molecule has 27 heavy (non-hydrogen) atoms. The summed E-state index contributed by atoms with van der Waals surface area (Å²) in [6.45, 7) is 0.858. The van der Waals surface area contributed by atoms with Gasteiger partial charge in [0, 0.05) is 30.3 Å². The number of halogens is 4. The Bertz CT molecular complexity index is 866. The van der Waals surface area contributed by atoms with Gasteiger partial charge in [0.25, 0.3) is 5.91 Å². The highest BCUT2D eigenvalue weighted by atomic mass is 35.5. The number of aromatic nitrogens is 1. The Kier molecular flexibility index (Phi) is 6.19. The van der Waals surface area contributed by atoms with E-state index in [9.17, 15) is 14.0 Å². The van der Waals surface area contributed by atoms with E-state index in [1.54, 1.807) is 4.90 Å². The molecule has 142 valence electrons. The minimum atomic E-state index is -0.544. The molecule has 0 unspecified atom stereocenters. The van der Waals surface area contributed by atoms with Crippen LogP contribution in [-0.4, -0.2) is 34.8 Å². The second kappa shape index (κ2) is 8.42. The molecule has 5 nitrogen and oxygen atoms in total. The molecule has 1 aromatic heterocycles. The van der Waals surface area contributed by atoms with E-state index in [0.717, 1.165) is 0 Å². The number of likely N-dealkylation sites (tertiary alicyclic amines) is 1. The van der Waals surface area contributed by atoms with E-state index in [-0.39, 0.29) is 33.1 Å². The molecule has 9 heteroatoms. The van der Waals surface area contributed by atoms with Crippen LogP contribution < -0.4 is 5.32 Å². The maximum atomic E-state index is 13.2. The topological polar surface area (TPSA) is 62.3 Å². The fourth-order valence-electron chi connectivity index (χ4n) is 2.93. The van der Waals surface area contributed by atoms with Gasteiger partial charge in [-0.2, -0.15) is 0 Å². The van der Waals surface area contributed by atoms with Gasteiger partial charge < -0.3 is 10.2 Å². The van der Waals surface area contributed by atoms with Gasteiger partial charge in [-0.25, -0.2) is 9.37 Å². The van der Waals surface area contributed by atoms with E-state index >= 15 is 0 Å². The SMILES string of the molecule is O=C(Nc1ccc(F)c(Cl)c1)C1CCN(C(=O)c2cc(Cl)nc(Cl)c2)CC1. The molecule has 2 aromatic rings. The number of carbonyl (C=O) groups excluding carboxylic acids is 2. The number of carbonyl (C=O) groups is 2. The van der Waals surface area contributed by atoms with Gasteiger partial charge in [-0.1, -0.05) is 34.8 Å². The second-order valence-corrected chi connectivity index (χ2v) is 7.37. The number of amides is 2. The van der Waals surface area contributed by atoms with Crippen molar-refractivity contribution >= 4 is 52.3 Å². The zero-order chi connectivity index (χ0) is 19.6. The molecule has 1 aliphatic heterocycles. The van der Waals surface area contributed by atoms with Crippen LogP contribution in [0.4, 0.5) is 10.1 Å². The van der Waals surface area contributed by atoms with Crippen molar-refractivity contribution in [2.24, 2.45) is 5.92 Å². The van der Waals surface area contributed by atoms with E-state index in [1.807, 2.05) is 0 Å². The molecule has 0 radical (unpaired) electrons. The minimum absolute atomic E-state index is 0.0529. The Hall–Kier alpha value is -1.89. The van der Waals surface area contributed by atoms with Crippen molar-refractivity contribution in [2.75, 3.05) is 18.4 Å². The number of nitrogens with zero attached hydrogens (tertiary/aromatic N) is 2. The van der Waals surface area contributed by atoms with Gasteiger partial charge in [0.05, 0.1) is 5.02 Å². The summed E-state index contributed by atoms with van der Waals surface area (Å²) in [7, 11) is 0. The lowest BCUT2D eigenvalue weighted by Gasteiger charge is -2.31. The van der Waals surface area contributed by atoms with Gasteiger partial charge in [0.2, 0.25) is 5.91 Å². The Morgan fingerprint density at radius 3 is 2.30 bits per heavy atom. The van der Waals surface area contributed by atoms with E-state index in [2.05, 4.69) is 10.3 Å². The lowest BCUT2D eigenvalue weighted by molar-refractivity contribution is -0.121. The van der Waals surface area contributed by atoms with E-state index in [4.69, 9.17) is 34.8 Å². The van der Waals surface area contributed by atoms with Crippen LogP contribution in [0.25, 0.3) is 0 Å². The molecule has 1 N–H and O–H groups in total. The van der Waals surface area contributed by atoms with Crippen molar-refractivity contribution in [1.82, 2.24) is 9.88 Å². The van der Waals surface area contributed by atoms with E-state index in [0.29, 0.717) is 37.2 Å². The Morgan fingerprint density at radius 2 is 1.70 bits per heavy atom. The average Bonchev–Trinajstić information content (AvgIpc) is 2.63. The summed E-state index contributed by atoms with van der Waals surface area (Å²) in [6.07, 6.45) is 1.03. The smallest absolute Gasteiger partial charge is 0.254 e. The highest BCUT2D eigenvalue weighted by Gasteiger charge is 2.28. The highest BCUT2D eigenvalue weighted by Crippen LogP contribution is 2.24. The molecule has 2 amide bonds. The van der Waals surface area contributed by atoms with E-state index in [1.165, 1.54) is 30.3 Å². The predicted octanol–water partition coefficient (Wildman–Crippen LogP) is 4.67. The number of anilines is 1. The quantitative estimate of drug-likeness (QED) is 0.720. The lowest BCUT2D eigenvalue weighted by Crippen LogP contribution is -2.41. The first kappa shape index (κ1) is 19.9. The van der Waals surface area contributed by atoms with Crippen LogP contribution in [0.2, 0.25) is 15.3 Å². The number of piperidine rings is 1. The number of hydrogen-bond donors (Lipinski definition) is 1. The molecule has 3 rings (SSSR count). The third kappa shape index (κ3) is 4.89. The summed E-state index contributed by atoms with van der Waals surface area (Å²) in [4.78, 5) is 30.5. The number of benzene rings is 1. The molecular weight excluding hydrogens is 416 g/mol. The van der Waals surface area contributed by atoms with Crippen LogP contribution in [0, 0.1) is 11.7 Å². The van der Waals surface area contributed by atoms with Crippen LogP contribution in [0.5, 0.6) is 0 Å². The van der Waals surface area contributed by atoms with Crippen molar-refractivity contribution in [3.05, 3.63) is 57.0 Å². The highest BCUT2D eigenvalue weighted by molar-refractivity contribution is 6.33. The fraction of sp³-hybridized carbons (Fsp3) is 0.278. The molecule has 1 saturated heterocycles. The third-order valence-corrected chi connectivity index (χ3v) is 5.03. The number of nitrogens with one attached hydrogen (secondary N) is 1. The van der Waals surface area contributed by atoms with E-state index < -0.39 is 5.82 Å². The van der Waals surface area contributed by atoms with Crippen molar-refractivity contribution in [3.63, 3.8) is 0 Å². The van der Waals surface area contributed by atoms with Crippen LogP contribution in [-0.2, 0) is 4.79 Å². The number of rotatable bonds is 3. The first-order valence-electron chi connectivity index (χ1n) is 8.22. The first-order valence-corrected chi connectivity index (χ1v) is 9.35. The maximum Gasteiger partial charge on any atom is 0.254 e. The third-order valence-electron chi connectivity index (χ3n) is 4.35. The molecule has 0 bridgehead atoms. The maximum absolute atomic E-state index is 13.2. The summed E-state index contributed by atoms with van der Waals surface area (Å²) in [6, 6.07) is 6.95. The zero-order valence-electron chi connectivity index (χ0n) is 14.0.